The van der Waals surface area contributed by atoms with Gasteiger partial charge in [-0.15, -0.1) is 0 Å². The van der Waals surface area contributed by atoms with E-state index >= 15 is 0 Å². The average molecular weight is 459 g/mol. The Morgan fingerprint density at radius 3 is 2.27 bits per heavy atom. The van der Waals surface area contributed by atoms with Crippen LogP contribution < -0.4 is 4.90 Å². The molecular formula is C22H16F3N3O5. The van der Waals surface area contributed by atoms with Gasteiger partial charge >= 0.3 is 24.1 Å². The number of carbonyl (C=O) groups excluding carboxylic acids is 1. The summed E-state index contributed by atoms with van der Waals surface area (Å²) in [5.41, 5.74) is -1.39. The summed E-state index contributed by atoms with van der Waals surface area (Å²) in [5.74, 6) is -2.93. The molecule has 0 radical (unpaired) electrons. The predicted octanol–water partition coefficient (Wildman–Crippen LogP) is 4.00. The third-order valence-corrected chi connectivity index (χ3v) is 5.07. The second-order valence-electron chi connectivity index (χ2n) is 7.13. The number of aliphatic carboxylic acids is 2. The maximum atomic E-state index is 13.3. The standard InChI is InChI=1S/C22H16F3N3O5/c1-12-18(20(31)32)19(14-7-5-13(10-26)6-8-14)27(11-17(29)30)21(33)28(12)16-4-2-3-15(9-16)22(23,24)25/h2-9,19H,11H2,1H3,(H,29,30)(H,31,32). The number of nitrogens with zero attached hydrogens (tertiary/aromatic N) is 3. The van der Waals surface area contributed by atoms with Gasteiger partial charge in [0.15, 0.2) is 0 Å². The number of benzene rings is 2. The molecule has 1 heterocycles. The molecule has 33 heavy (non-hydrogen) atoms. The molecule has 170 valence electrons. The Morgan fingerprint density at radius 1 is 1.12 bits per heavy atom. The highest BCUT2D eigenvalue weighted by Crippen LogP contribution is 2.40. The fourth-order valence-electron chi connectivity index (χ4n) is 3.64. The van der Waals surface area contributed by atoms with Crippen LogP contribution in [0.5, 0.6) is 0 Å². The molecule has 1 aliphatic heterocycles. The summed E-state index contributed by atoms with van der Waals surface area (Å²) in [4.78, 5) is 38.6. The zero-order chi connectivity index (χ0) is 24.5. The predicted molar refractivity (Wildman–Crippen MR) is 108 cm³/mol. The number of hydrogen-bond acceptors (Lipinski definition) is 4. The molecule has 2 amide bonds. The number of amides is 2. The minimum atomic E-state index is -4.71. The van der Waals surface area contributed by atoms with E-state index in [9.17, 15) is 37.8 Å². The van der Waals surface area contributed by atoms with Gasteiger partial charge < -0.3 is 15.1 Å². The van der Waals surface area contributed by atoms with Crippen molar-refractivity contribution in [1.29, 1.82) is 5.26 Å². The monoisotopic (exact) mass is 459 g/mol. The average Bonchev–Trinajstić information content (AvgIpc) is 2.74. The van der Waals surface area contributed by atoms with Crippen LogP contribution in [0.4, 0.5) is 23.7 Å². The van der Waals surface area contributed by atoms with Gasteiger partial charge in [-0.3, -0.25) is 9.69 Å². The molecule has 0 fully saturated rings. The van der Waals surface area contributed by atoms with Gasteiger partial charge in [-0.05, 0) is 42.8 Å². The lowest BCUT2D eigenvalue weighted by atomic mass is 9.92. The van der Waals surface area contributed by atoms with Crippen LogP contribution in [0.15, 0.2) is 59.8 Å². The Bertz CT molecular complexity index is 1200. The van der Waals surface area contributed by atoms with Crippen molar-refractivity contribution in [3.05, 3.63) is 76.5 Å². The molecule has 0 aromatic heterocycles. The number of carboxylic acids is 2. The zero-order valence-electron chi connectivity index (χ0n) is 17.0. The summed E-state index contributed by atoms with van der Waals surface area (Å²) in [6.07, 6.45) is -4.71. The van der Waals surface area contributed by atoms with Crippen LogP contribution in [0.2, 0.25) is 0 Å². The minimum Gasteiger partial charge on any atom is -0.480 e. The third-order valence-electron chi connectivity index (χ3n) is 5.07. The number of urea groups is 1. The van der Waals surface area contributed by atoms with Gasteiger partial charge in [0.1, 0.15) is 6.54 Å². The summed E-state index contributed by atoms with van der Waals surface area (Å²) in [6.45, 7) is 0.347. The van der Waals surface area contributed by atoms with E-state index in [1.54, 1.807) is 0 Å². The van der Waals surface area contributed by atoms with Gasteiger partial charge in [-0.25, -0.2) is 9.59 Å². The first-order chi connectivity index (χ1) is 15.5. The first-order valence-corrected chi connectivity index (χ1v) is 9.39. The van der Waals surface area contributed by atoms with Crippen molar-refractivity contribution in [3.8, 4) is 6.07 Å². The molecule has 0 saturated heterocycles. The number of carbonyl (C=O) groups is 3. The van der Waals surface area contributed by atoms with Crippen molar-refractivity contribution in [3.63, 3.8) is 0 Å². The lowest BCUT2D eigenvalue weighted by Crippen LogP contribution is -2.52. The largest absolute Gasteiger partial charge is 0.480 e. The van der Waals surface area contributed by atoms with Crippen LogP contribution in [0.3, 0.4) is 0 Å². The lowest BCUT2D eigenvalue weighted by Gasteiger charge is -2.41. The highest BCUT2D eigenvalue weighted by atomic mass is 19.4. The Kier molecular flexibility index (Phi) is 6.12. The highest BCUT2D eigenvalue weighted by molar-refractivity contribution is 6.03. The van der Waals surface area contributed by atoms with E-state index in [4.69, 9.17) is 5.26 Å². The topological polar surface area (TPSA) is 122 Å². The van der Waals surface area contributed by atoms with Crippen molar-refractivity contribution in [2.75, 3.05) is 11.4 Å². The molecule has 1 aliphatic rings. The van der Waals surface area contributed by atoms with E-state index < -0.39 is 47.9 Å². The molecule has 1 atom stereocenters. The fourth-order valence-corrected chi connectivity index (χ4v) is 3.64. The molecule has 0 spiro atoms. The number of halogens is 3. The van der Waals surface area contributed by atoms with E-state index in [1.807, 2.05) is 6.07 Å². The summed E-state index contributed by atoms with van der Waals surface area (Å²) in [7, 11) is 0. The third kappa shape index (κ3) is 4.50. The Labute approximate surface area is 185 Å². The first kappa shape index (κ1) is 23.3. The van der Waals surface area contributed by atoms with Crippen LogP contribution >= 0.6 is 0 Å². The summed E-state index contributed by atoms with van der Waals surface area (Å²) < 4.78 is 39.6. The quantitative estimate of drug-likeness (QED) is 0.697. The molecule has 3 rings (SSSR count). The summed E-state index contributed by atoms with van der Waals surface area (Å²) >= 11 is 0. The second-order valence-corrected chi connectivity index (χ2v) is 7.13. The number of alkyl halides is 3. The van der Waals surface area contributed by atoms with Gasteiger partial charge in [-0.1, -0.05) is 18.2 Å². The Morgan fingerprint density at radius 2 is 1.76 bits per heavy atom. The zero-order valence-corrected chi connectivity index (χ0v) is 17.0. The highest BCUT2D eigenvalue weighted by Gasteiger charge is 2.43. The maximum Gasteiger partial charge on any atom is 0.416 e. The Balaban J connectivity index is 2.25. The van der Waals surface area contributed by atoms with Crippen LogP contribution in [-0.2, 0) is 15.8 Å². The van der Waals surface area contributed by atoms with Gasteiger partial charge in [0, 0.05) is 5.70 Å². The number of allylic oxidation sites excluding steroid dienone is 1. The van der Waals surface area contributed by atoms with Crippen molar-refractivity contribution >= 4 is 23.7 Å². The van der Waals surface area contributed by atoms with E-state index in [-0.39, 0.29) is 22.5 Å². The van der Waals surface area contributed by atoms with E-state index in [0.717, 1.165) is 21.9 Å². The normalized spacial score (nSPS) is 16.6. The molecular weight excluding hydrogens is 443 g/mol. The molecule has 11 heteroatoms. The number of hydrogen-bond donors (Lipinski definition) is 2. The molecule has 0 bridgehead atoms. The minimum absolute atomic E-state index is 0.164. The Hall–Kier alpha value is -4.33. The summed E-state index contributed by atoms with van der Waals surface area (Å²) in [5, 5.41) is 28.3. The van der Waals surface area contributed by atoms with E-state index in [2.05, 4.69) is 0 Å². The van der Waals surface area contributed by atoms with Gasteiger partial charge in [-0.2, -0.15) is 18.4 Å². The lowest BCUT2D eigenvalue weighted by molar-refractivity contribution is -0.139. The number of anilines is 1. The van der Waals surface area contributed by atoms with E-state index in [0.29, 0.717) is 6.07 Å². The van der Waals surface area contributed by atoms with E-state index in [1.165, 1.54) is 37.3 Å². The number of nitriles is 1. The molecule has 0 saturated carbocycles. The van der Waals surface area contributed by atoms with Crippen molar-refractivity contribution in [2.45, 2.75) is 19.1 Å². The van der Waals surface area contributed by atoms with Crippen LogP contribution in [0.1, 0.15) is 29.7 Å². The van der Waals surface area contributed by atoms with Crippen molar-refractivity contribution in [1.82, 2.24) is 4.90 Å². The molecule has 1 unspecified atom stereocenters. The number of rotatable bonds is 5. The van der Waals surface area contributed by atoms with Crippen molar-refractivity contribution < 1.29 is 37.8 Å². The van der Waals surface area contributed by atoms with Crippen LogP contribution in [0.25, 0.3) is 0 Å². The SMILES string of the molecule is CC1=C(C(=O)O)C(c2ccc(C#N)cc2)N(CC(=O)O)C(=O)N1c1cccc(C(F)(F)F)c1. The van der Waals surface area contributed by atoms with Crippen molar-refractivity contribution in [2.24, 2.45) is 0 Å². The van der Waals surface area contributed by atoms with Gasteiger partial charge in [0.25, 0.3) is 0 Å². The second kappa shape index (κ2) is 8.66. The van der Waals surface area contributed by atoms with Gasteiger partial charge in [0.2, 0.25) is 0 Å². The fraction of sp³-hybridized carbons (Fsp3) is 0.182. The van der Waals surface area contributed by atoms with Crippen LogP contribution in [0, 0.1) is 11.3 Å². The molecule has 2 aromatic rings. The van der Waals surface area contributed by atoms with Crippen LogP contribution in [-0.4, -0.2) is 39.6 Å². The van der Waals surface area contributed by atoms with Gasteiger partial charge in [0.05, 0.1) is 34.5 Å². The summed E-state index contributed by atoms with van der Waals surface area (Å²) in [6, 6.07) is 8.82. The smallest absolute Gasteiger partial charge is 0.416 e. The molecule has 2 aromatic carbocycles. The molecule has 8 nitrogen and oxygen atoms in total. The maximum absolute atomic E-state index is 13.3. The number of carboxylic acid groups (broad SMARTS) is 2. The molecule has 0 aliphatic carbocycles. The first-order valence-electron chi connectivity index (χ1n) is 9.39. The molecule has 2 N–H and O–H groups in total.